The molecule has 1 N–H and O–H groups in total. The molecule has 150 valence electrons. The lowest BCUT2D eigenvalue weighted by Gasteiger charge is -2.19. The Morgan fingerprint density at radius 2 is 1.54 bits per heavy atom. The van der Waals surface area contributed by atoms with E-state index >= 15 is 0 Å². The molecule has 3 rings (SSSR count). The van der Waals surface area contributed by atoms with Gasteiger partial charge in [0.1, 0.15) is 0 Å². The van der Waals surface area contributed by atoms with E-state index in [1.165, 1.54) is 44.2 Å². The van der Waals surface area contributed by atoms with Gasteiger partial charge < -0.3 is 0 Å². The number of hydrogen-bond donors (Lipinski definition) is 1. The predicted molar refractivity (Wildman–Crippen MR) is 109 cm³/mol. The van der Waals surface area contributed by atoms with Crippen molar-refractivity contribution in [3.63, 3.8) is 0 Å². The van der Waals surface area contributed by atoms with Crippen molar-refractivity contribution in [3.05, 3.63) is 51.5 Å². The normalized spacial score (nSPS) is 16.4. The summed E-state index contributed by atoms with van der Waals surface area (Å²) in [4.78, 5) is 12.0. The number of benzene rings is 2. The summed E-state index contributed by atoms with van der Waals surface area (Å²) < 4.78 is 53.2. The van der Waals surface area contributed by atoms with Gasteiger partial charge in [-0.1, -0.05) is 23.2 Å². The first-order valence-electron chi connectivity index (χ1n) is 8.07. The Bertz CT molecular complexity index is 1150. The smallest absolute Gasteiger partial charge is 0.262 e. The van der Waals surface area contributed by atoms with Crippen molar-refractivity contribution < 1.29 is 21.6 Å². The Hall–Kier alpha value is -1.81. The molecule has 7 nitrogen and oxygen atoms in total. The average molecular weight is 463 g/mol. The van der Waals surface area contributed by atoms with Gasteiger partial charge in [0, 0.05) is 16.5 Å². The van der Waals surface area contributed by atoms with E-state index in [1.807, 2.05) is 0 Å². The number of halogens is 2. The van der Waals surface area contributed by atoms with Crippen molar-refractivity contribution >= 4 is 60.5 Å². The first-order valence-corrected chi connectivity index (χ1v) is 11.9. The average Bonchev–Trinajstić information content (AvgIpc) is 2.77. The highest BCUT2D eigenvalue weighted by molar-refractivity contribution is 7.94. The van der Waals surface area contributed by atoms with Crippen LogP contribution < -0.4 is 9.03 Å². The number of amides is 1. The minimum Gasteiger partial charge on any atom is -0.280 e. The molecular weight excluding hydrogens is 447 g/mol. The zero-order valence-corrected chi connectivity index (χ0v) is 18.0. The van der Waals surface area contributed by atoms with Gasteiger partial charge in [0.2, 0.25) is 15.9 Å². The topological polar surface area (TPSA) is 101 Å². The summed E-state index contributed by atoms with van der Waals surface area (Å²) in [5.74, 6) is -0.803. The van der Waals surface area contributed by atoms with Crippen LogP contribution >= 0.6 is 23.2 Å². The second kappa shape index (κ2) is 7.22. The van der Waals surface area contributed by atoms with Crippen LogP contribution in [0.3, 0.4) is 0 Å². The fourth-order valence-electron chi connectivity index (χ4n) is 3.16. The Morgan fingerprint density at radius 3 is 2.00 bits per heavy atom. The van der Waals surface area contributed by atoms with Crippen molar-refractivity contribution in [1.82, 2.24) is 0 Å². The molecule has 1 heterocycles. The number of anilines is 2. The van der Waals surface area contributed by atoms with Gasteiger partial charge in [0.25, 0.3) is 10.0 Å². The fraction of sp³-hybridized carbons (Fsp3) is 0.235. The number of carbonyl (C=O) groups excluding carboxylic acids is 1. The van der Waals surface area contributed by atoms with E-state index in [-0.39, 0.29) is 38.5 Å². The molecule has 1 fully saturated rings. The van der Waals surface area contributed by atoms with Crippen LogP contribution in [0.5, 0.6) is 0 Å². The maximum absolute atomic E-state index is 12.9. The van der Waals surface area contributed by atoms with E-state index in [2.05, 4.69) is 4.72 Å². The van der Waals surface area contributed by atoms with Crippen molar-refractivity contribution in [2.45, 2.75) is 25.2 Å². The van der Waals surface area contributed by atoms with Gasteiger partial charge in [-0.15, -0.1) is 0 Å². The molecule has 1 saturated heterocycles. The maximum Gasteiger partial charge on any atom is 0.262 e. The molecule has 11 heteroatoms. The Balaban J connectivity index is 2.04. The minimum atomic E-state index is -4.01. The first-order chi connectivity index (χ1) is 12.9. The van der Waals surface area contributed by atoms with Crippen LogP contribution in [-0.2, 0) is 24.8 Å². The maximum atomic E-state index is 12.9. The van der Waals surface area contributed by atoms with Crippen LogP contribution in [0.4, 0.5) is 11.4 Å². The van der Waals surface area contributed by atoms with Gasteiger partial charge in [-0.3, -0.25) is 9.52 Å². The molecule has 0 radical (unpaired) electrons. The quantitative estimate of drug-likeness (QED) is 0.749. The van der Waals surface area contributed by atoms with E-state index in [4.69, 9.17) is 23.2 Å². The summed E-state index contributed by atoms with van der Waals surface area (Å²) in [6.07, 6.45) is -0.0996. The van der Waals surface area contributed by atoms with Crippen molar-refractivity contribution in [2.75, 3.05) is 14.8 Å². The van der Waals surface area contributed by atoms with E-state index in [0.717, 1.165) is 4.31 Å². The third-order valence-electron chi connectivity index (χ3n) is 4.14. The number of carbonyl (C=O) groups is 1. The Kier molecular flexibility index (Phi) is 5.39. The number of aryl methyl sites for hydroxylation is 2. The zero-order valence-electron chi connectivity index (χ0n) is 14.9. The summed E-state index contributed by atoms with van der Waals surface area (Å²) >= 11 is 11.8. The molecule has 1 aliphatic rings. The summed E-state index contributed by atoms with van der Waals surface area (Å²) in [5, 5.41) is 0.540. The molecule has 0 saturated carbocycles. The Labute approximate surface area is 173 Å². The third-order valence-corrected chi connectivity index (χ3v) is 7.95. The number of sulfonamides is 2. The van der Waals surface area contributed by atoms with Crippen molar-refractivity contribution in [1.29, 1.82) is 0 Å². The molecule has 2 aromatic carbocycles. The van der Waals surface area contributed by atoms with Gasteiger partial charge in [-0.2, -0.15) is 0 Å². The lowest BCUT2D eigenvalue weighted by Crippen LogP contribution is -2.29. The van der Waals surface area contributed by atoms with Gasteiger partial charge in [-0.25, -0.2) is 21.1 Å². The first kappa shape index (κ1) is 20.9. The molecule has 1 aliphatic heterocycles. The monoisotopic (exact) mass is 462 g/mol. The minimum absolute atomic E-state index is 0.0172. The van der Waals surface area contributed by atoms with Crippen LogP contribution in [0.25, 0.3) is 0 Å². The highest BCUT2D eigenvalue weighted by atomic mass is 35.5. The molecule has 0 bridgehead atoms. The molecule has 0 atom stereocenters. The van der Waals surface area contributed by atoms with Crippen LogP contribution in [0.15, 0.2) is 35.2 Å². The second-order valence-corrected chi connectivity index (χ2v) is 10.8. The van der Waals surface area contributed by atoms with E-state index < -0.39 is 26.0 Å². The summed E-state index contributed by atoms with van der Waals surface area (Å²) in [6, 6.07) is 7.04. The van der Waals surface area contributed by atoms with E-state index in [1.54, 1.807) is 0 Å². The SMILES string of the molecule is Cc1cc(N2C(=O)CCS2(=O)=O)cc(C)c1S(=O)(=O)Nc1cc(Cl)cc(Cl)c1. The van der Waals surface area contributed by atoms with Gasteiger partial charge in [0.15, 0.2) is 0 Å². The highest BCUT2D eigenvalue weighted by Gasteiger charge is 2.37. The molecule has 2 aromatic rings. The zero-order chi connectivity index (χ0) is 20.9. The van der Waals surface area contributed by atoms with Crippen LogP contribution in [0, 0.1) is 13.8 Å². The molecule has 0 aliphatic carbocycles. The van der Waals surface area contributed by atoms with Gasteiger partial charge in [0.05, 0.1) is 22.0 Å². The number of nitrogens with one attached hydrogen (secondary N) is 1. The standard InChI is InChI=1S/C17H16Cl2N2O5S2/c1-10-5-15(21-16(22)3-4-27(21,23)24)6-11(2)17(10)28(25,26)20-14-8-12(18)7-13(19)9-14/h5-9,20H,3-4H2,1-2H3. The van der Waals surface area contributed by atoms with Crippen LogP contribution in [0.2, 0.25) is 10.0 Å². The van der Waals surface area contributed by atoms with Crippen molar-refractivity contribution in [2.24, 2.45) is 0 Å². The number of hydrogen-bond acceptors (Lipinski definition) is 5. The van der Waals surface area contributed by atoms with Crippen LogP contribution in [0.1, 0.15) is 17.5 Å². The largest absolute Gasteiger partial charge is 0.280 e. The highest BCUT2D eigenvalue weighted by Crippen LogP contribution is 2.32. The lowest BCUT2D eigenvalue weighted by atomic mass is 10.1. The molecule has 0 aromatic heterocycles. The predicted octanol–water partition coefficient (Wildman–Crippen LogP) is 3.48. The summed E-state index contributed by atoms with van der Waals surface area (Å²) in [5.41, 5.74) is 0.913. The van der Waals surface area contributed by atoms with Crippen LogP contribution in [-0.4, -0.2) is 28.5 Å². The molecule has 0 unspecified atom stereocenters. The van der Waals surface area contributed by atoms with Crippen molar-refractivity contribution in [3.8, 4) is 0 Å². The van der Waals surface area contributed by atoms with E-state index in [0.29, 0.717) is 11.1 Å². The third kappa shape index (κ3) is 3.98. The molecule has 0 spiro atoms. The van der Waals surface area contributed by atoms with Gasteiger partial charge in [-0.05, 0) is 55.3 Å². The molecular formula is C17H16Cl2N2O5S2. The summed E-state index contributed by atoms with van der Waals surface area (Å²) in [6.45, 7) is 3.06. The Morgan fingerprint density at radius 1 is 1.00 bits per heavy atom. The molecule has 28 heavy (non-hydrogen) atoms. The summed E-state index contributed by atoms with van der Waals surface area (Å²) in [7, 11) is -7.75. The van der Waals surface area contributed by atoms with E-state index in [9.17, 15) is 21.6 Å². The molecule has 1 amide bonds. The second-order valence-electron chi connectivity index (χ2n) is 6.40. The fourth-order valence-corrected chi connectivity index (χ4v) is 6.62. The number of rotatable bonds is 4. The van der Waals surface area contributed by atoms with Gasteiger partial charge >= 0.3 is 0 Å². The lowest BCUT2D eigenvalue weighted by molar-refractivity contribution is -0.116. The number of nitrogens with zero attached hydrogens (tertiary/aromatic N) is 1.